The molecule has 18 heavy (non-hydrogen) atoms. The van der Waals surface area contributed by atoms with Gasteiger partial charge in [0.25, 0.3) is 0 Å². The first-order valence-corrected chi connectivity index (χ1v) is 6.98. The Labute approximate surface area is 112 Å². The quantitative estimate of drug-likeness (QED) is 0.840. The van der Waals surface area contributed by atoms with Gasteiger partial charge in [-0.05, 0) is 18.9 Å². The third-order valence-corrected chi connectivity index (χ3v) is 3.75. The number of aliphatic hydroxyl groups excluding tert-OH is 1. The zero-order chi connectivity index (χ0) is 12.8. The number of nitrogens with one attached hydrogen (secondary N) is 1. The predicted octanol–water partition coefficient (Wildman–Crippen LogP) is 2.40. The number of aromatic nitrogens is 1. The third-order valence-electron chi connectivity index (χ3n) is 2.80. The Morgan fingerprint density at radius 2 is 2.11 bits per heavy atom. The van der Waals surface area contributed by atoms with Crippen LogP contribution >= 0.6 is 11.3 Å². The van der Waals surface area contributed by atoms with E-state index in [2.05, 4.69) is 17.2 Å². The number of benzene rings is 1. The van der Waals surface area contributed by atoms with Crippen molar-refractivity contribution in [3.63, 3.8) is 0 Å². The summed E-state index contributed by atoms with van der Waals surface area (Å²) in [5, 5.41) is 16.3. The molecule has 3 nitrogen and oxygen atoms in total. The van der Waals surface area contributed by atoms with Crippen molar-refractivity contribution >= 4 is 11.3 Å². The second kappa shape index (κ2) is 6.64. The monoisotopic (exact) mass is 262 g/mol. The molecular formula is C14H18N2OS. The molecule has 0 spiro atoms. The number of aliphatic hydroxyl groups is 1. The summed E-state index contributed by atoms with van der Waals surface area (Å²) in [6, 6.07) is 10.2. The molecule has 0 saturated carbocycles. The lowest BCUT2D eigenvalue weighted by Crippen LogP contribution is -2.30. The summed E-state index contributed by atoms with van der Waals surface area (Å²) in [5.74, 6) is 0. The minimum atomic E-state index is -0.366. The molecule has 0 saturated heterocycles. The number of rotatable bonds is 6. The highest BCUT2D eigenvalue weighted by Gasteiger charge is 2.10. The zero-order valence-corrected chi connectivity index (χ0v) is 11.2. The van der Waals surface area contributed by atoms with E-state index in [1.165, 1.54) is 0 Å². The van der Waals surface area contributed by atoms with E-state index in [1.807, 2.05) is 35.7 Å². The summed E-state index contributed by atoms with van der Waals surface area (Å²) in [6.07, 6.45) is 2.12. The van der Waals surface area contributed by atoms with Crippen LogP contribution in [0.4, 0.5) is 0 Å². The van der Waals surface area contributed by atoms with Gasteiger partial charge in [0.1, 0.15) is 5.01 Å². The Kier molecular flexibility index (Phi) is 4.87. The molecule has 0 fully saturated rings. The molecule has 0 radical (unpaired) electrons. The summed E-state index contributed by atoms with van der Waals surface area (Å²) in [5.41, 5.74) is 1.16. The summed E-state index contributed by atoms with van der Waals surface area (Å²) < 4.78 is 0. The van der Waals surface area contributed by atoms with Crippen LogP contribution in [0, 0.1) is 0 Å². The van der Waals surface area contributed by atoms with Crippen molar-refractivity contribution in [1.82, 2.24) is 10.3 Å². The normalized spacial score (nSPS) is 14.3. The van der Waals surface area contributed by atoms with Gasteiger partial charge >= 0.3 is 0 Å². The van der Waals surface area contributed by atoms with Gasteiger partial charge in [0.15, 0.2) is 0 Å². The molecule has 4 heteroatoms. The number of thiazole rings is 1. The van der Waals surface area contributed by atoms with Gasteiger partial charge in [0.2, 0.25) is 0 Å². The fourth-order valence-electron chi connectivity index (χ4n) is 1.81. The molecule has 96 valence electrons. The highest BCUT2D eigenvalue weighted by molar-refractivity contribution is 7.09. The average molecular weight is 262 g/mol. The van der Waals surface area contributed by atoms with Crippen molar-refractivity contribution < 1.29 is 5.11 Å². The van der Waals surface area contributed by atoms with Gasteiger partial charge < -0.3 is 10.4 Å². The standard InChI is InChI=1S/C14H18N2OS/c1-11(14-15-7-8-18-14)16-10-13(17)9-12-5-3-2-4-6-12/h2-8,11,13,16-17H,9-10H2,1H3. The Morgan fingerprint density at radius 1 is 1.33 bits per heavy atom. The Hall–Kier alpha value is -1.23. The number of hydrogen-bond donors (Lipinski definition) is 2. The SMILES string of the molecule is CC(NCC(O)Cc1ccccc1)c1nccs1. The van der Waals surface area contributed by atoms with Crippen LogP contribution in [0.5, 0.6) is 0 Å². The Morgan fingerprint density at radius 3 is 2.78 bits per heavy atom. The lowest BCUT2D eigenvalue weighted by Gasteiger charge is -2.15. The topological polar surface area (TPSA) is 45.1 Å². The molecule has 0 amide bonds. The maximum atomic E-state index is 9.97. The minimum absolute atomic E-state index is 0.190. The van der Waals surface area contributed by atoms with E-state index in [4.69, 9.17) is 0 Å². The predicted molar refractivity (Wildman–Crippen MR) is 74.7 cm³/mol. The van der Waals surface area contributed by atoms with E-state index in [9.17, 15) is 5.11 Å². The molecule has 0 aliphatic carbocycles. The van der Waals surface area contributed by atoms with Gasteiger partial charge in [-0.25, -0.2) is 4.98 Å². The second-order valence-corrected chi connectivity index (χ2v) is 5.27. The van der Waals surface area contributed by atoms with E-state index >= 15 is 0 Å². The molecule has 2 N–H and O–H groups in total. The fraction of sp³-hybridized carbons (Fsp3) is 0.357. The molecule has 2 atom stereocenters. The molecule has 2 rings (SSSR count). The summed E-state index contributed by atoms with van der Waals surface area (Å²) in [7, 11) is 0. The third kappa shape index (κ3) is 3.91. The number of nitrogens with zero attached hydrogens (tertiary/aromatic N) is 1. The van der Waals surface area contributed by atoms with Gasteiger partial charge in [-0.15, -0.1) is 11.3 Å². The molecular weight excluding hydrogens is 244 g/mol. The van der Waals surface area contributed by atoms with Crippen LogP contribution in [0.15, 0.2) is 41.9 Å². The first kappa shape index (κ1) is 13.2. The van der Waals surface area contributed by atoms with E-state index in [0.717, 1.165) is 10.6 Å². The minimum Gasteiger partial charge on any atom is -0.391 e. The van der Waals surface area contributed by atoms with Crippen molar-refractivity contribution in [2.45, 2.75) is 25.5 Å². The van der Waals surface area contributed by atoms with E-state index in [1.54, 1.807) is 17.5 Å². The number of hydrogen-bond acceptors (Lipinski definition) is 4. The second-order valence-electron chi connectivity index (χ2n) is 4.34. The Balaban J connectivity index is 1.77. The van der Waals surface area contributed by atoms with Gasteiger partial charge in [-0.2, -0.15) is 0 Å². The molecule has 2 unspecified atom stereocenters. The molecule has 0 bridgehead atoms. The van der Waals surface area contributed by atoms with Gasteiger partial charge in [0, 0.05) is 18.1 Å². The van der Waals surface area contributed by atoms with E-state index < -0.39 is 0 Å². The van der Waals surface area contributed by atoms with Crippen molar-refractivity contribution in [2.75, 3.05) is 6.54 Å². The first-order valence-electron chi connectivity index (χ1n) is 6.10. The van der Waals surface area contributed by atoms with Gasteiger partial charge in [-0.1, -0.05) is 30.3 Å². The van der Waals surface area contributed by atoms with Crippen LogP contribution in [0.2, 0.25) is 0 Å². The van der Waals surface area contributed by atoms with Gasteiger partial charge in [0.05, 0.1) is 12.1 Å². The fourth-order valence-corrected chi connectivity index (χ4v) is 2.48. The molecule has 2 aromatic rings. The lowest BCUT2D eigenvalue weighted by molar-refractivity contribution is 0.168. The van der Waals surface area contributed by atoms with E-state index in [0.29, 0.717) is 13.0 Å². The van der Waals surface area contributed by atoms with Crippen LogP contribution in [-0.2, 0) is 6.42 Å². The molecule has 1 aromatic carbocycles. The molecule has 0 aliphatic heterocycles. The van der Waals surface area contributed by atoms with Crippen molar-refractivity contribution in [3.05, 3.63) is 52.5 Å². The summed E-state index contributed by atoms with van der Waals surface area (Å²) in [4.78, 5) is 4.25. The highest BCUT2D eigenvalue weighted by atomic mass is 32.1. The highest BCUT2D eigenvalue weighted by Crippen LogP contribution is 2.14. The average Bonchev–Trinajstić information content (AvgIpc) is 2.91. The Bertz CT molecular complexity index is 444. The molecule has 1 heterocycles. The van der Waals surface area contributed by atoms with Crippen LogP contribution < -0.4 is 5.32 Å². The summed E-state index contributed by atoms with van der Waals surface area (Å²) in [6.45, 7) is 2.64. The summed E-state index contributed by atoms with van der Waals surface area (Å²) >= 11 is 1.63. The van der Waals surface area contributed by atoms with Crippen molar-refractivity contribution in [3.8, 4) is 0 Å². The molecule has 1 aromatic heterocycles. The van der Waals surface area contributed by atoms with Crippen LogP contribution in [0.1, 0.15) is 23.5 Å². The van der Waals surface area contributed by atoms with Crippen LogP contribution in [0.25, 0.3) is 0 Å². The first-order chi connectivity index (χ1) is 8.75. The van der Waals surface area contributed by atoms with Crippen LogP contribution in [0.3, 0.4) is 0 Å². The largest absolute Gasteiger partial charge is 0.391 e. The lowest BCUT2D eigenvalue weighted by atomic mass is 10.1. The maximum absolute atomic E-state index is 9.97. The van der Waals surface area contributed by atoms with E-state index in [-0.39, 0.29) is 12.1 Å². The van der Waals surface area contributed by atoms with Crippen molar-refractivity contribution in [1.29, 1.82) is 0 Å². The zero-order valence-electron chi connectivity index (χ0n) is 10.4. The van der Waals surface area contributed by atoms with Crippen LogP contribution in [-0.4, -0.2) is 22.7 Å². The smallest absolute Gasteiger partial charge is 0.109 e. The molecule has 0 aliphatic rings. The maximum Gasteiger partial charge on any atom is 0.109 e. The van der Waals surface area contributed by atoms with Crippen molar-refractivity contribution in [2.24, 2.45) is 0 Å². The van der Waals surface area contributed by atoms with Gasteiger partial charge in [-0.3, -0.25) is 0 Å².